The molecule has 0 aliphatic heterocycles. The van der Waals surface area contributed by atoms with Crippen LogP contribution in [0.5, 0.6) is 0 Å². The van der Waals surface area contributed by atoms with E-state index in [0.29, 0.717) is 0 Å². The highest BCUT2D eigenvalue weighted by Gasteiger charge is 2.38. The number of allylic oxidation sites excluding steroid dienone is 2. The fourth-order valence-electron chi connectivity index (χ4n) is 1.79. The van der Waals surface area contributed by atoms with Gasteiger partial charge in [0.05, 0.1) is 0 Å². The molecule has 2 nitrogen and oxygen atoms in total. The van der Waals surface area contributed by atoms with Crippen LogP contribution in [-0.2, 0) is 8.85 Å². The molecule has 1 rings (SSSR count). The zero-order chi connectivity index (χ0) is 12.4. The maximum absolute atomic E-state index is 6.26. The SMILES string of the molecule is C[Si](C)(C)OC1(O[Si](C)(C)C)C=CC=CC1. The van der Waals surface area contributed by atoms with E-state index in [9.17, 15) is 0 Å². The average molecular weight is 256 g/mol. The van der Waals surface area contributed by atoms with Crippen LogP contribution in [0.2, 0.25) is 39.3 Å². The third kappa shape index (κ3) is 4.78. The maximum Gasteiger partial charge on any atom is 0.187 e. The van der Waals surface area contributed by atoms with Gasteiger partial charge in [-0.1, -0.05) is 18.2 Å². The number of hydrogen-bond donors (Lipinski definition) is 0. The number of rotatable bonds is 4. The molecule has 0 unspecified atom stereocenters. The zero-order valence-corrected chi connectivity index (χ0v) is 13.3. The molecule has 0 bridgehead atoms. The van der Waals surface area contributed by atoms with Crippen LogP contribution in [0.1, 0.15) is 6.42 Å². The molecule has 0 heterocycles. The summed E-state index contributed by atoms with van der Waals surface area (Å²) in [5, 5.41) is 0. The van der Waals surface area contributed by atoms with Gasteiger partial charge in [-0.2, -0.15) is 0 Å². The summed E-state index contributed by atoms with van der Waals surface area (Å²) in [4.78, 5) is 0. The van der Waals surface area contributed by atoms with Crippen LogP contribution < -0.4 is 0 Å². The van der Waals surface area contributed by atoms with E-state index >= 15 is 0 Å². The van der Waals surface area contributed by atoms with Crippen LogP contribution in [0.3, 0.4) is 0 Å². The van der Waals surface area contributed by atoms with Gasteiger partial charge in [-0.3, -0.25) is 0 Å². The van der Waals surface area contributed by atoms with Crippen molar-refractivity contribution in [3.63, 3.8) is 0 Å². The monoisotopic (exact) mass is 256 g/mol. The second-order valence-corrected chi connectivity index (χ2v) is 15.1. The van der Waals surface area contributed by atoms with Gasteiger partial charge in [0.15, 0.2) is 22.4 Å². The van der Waals surface area contributed by atoms with Crippen molar-refractivity contribution in [2.75, 3.05) is 0 Å². The average Bonchev–Trinajstić information content (AvgIpc) is 1.97. The Balaban J connectivity index is 2.86. The first-order valence-corrected chi connectivity index (χ1v) is 12.7. The van der Waals surface area contributed by atoms with Crippen molar-refractivity contribution in [1.29, 1.82) is 0 Å². The summed E-state index contributed by atoms with van der Waals surface area (Å²) in [5.41, 5.74) is 0. The third-order valence-corrected chi connectivity index (χ3v) is 3.87. The third-order valence-electron chi connectivity index (χ3n) is 1.96. The normalized spacial score (nSPS) is 20.1. The molecule has 0 atom stereocenters. The smallest absolute Gasteiger partial charge is 0.187 e. The van der Waals surface area contributed by atoms with Crippen LogP contribution in [-0.4, -0.2) is 22.4 Å². The van der Waals surface area contributed by atoms with Gasteiger partial charge in [-0.05, 0) is 45.4 Å². The van der Waals surface area contributed by atoms with E-state index in [0.717, 1.165) is 6.42 Å². The van der Waals surface area contributed by atoms with E-state index in [2.05, 4.69) is 57.5 Å². The second kappa shape index (κ2) is 4.60. The van der Waals surface area contributed by atoms with E-state index in [1.54, 1.807) is 0 Å². The molecular weight excluding hydrogens is 232 g/mol. The van der Waals surface area contributed by atoms with E-state index in [1.807, 2.05) is 6.08 Å². The standard InChI is InChI=1S/C12H24O2Si2/c1-15(2,3)13-12(14-16(4,5)6)10-8-7-9-11-12/h7-10H,11H2,1-6H3. The maximum atomic E-state index is 6.26. The summed E-state index contributed by atoms with van der Waals surface area (Å²) < 4.78 is 12.5. The van der Waals surface area contributed by atoms with E-state index < -0.39 is 22.4 Å². The highest BCUT2D eigenvalue weighted by Crippen LogP contribution is 2.31. The molecule has 1 aliphatic carbocycles. The first kappa shape index (κ1) is 13.9. The lowest BCUT2D eigenvalue weighted by Crippen LogP contribution is -2.49. The van der Waals surface area contributed by atoms with Gasteiger partial charge in [-0.25, -0.2) is 0 Å². The quantitative estimate of drug-likeness (QED) is 0.561. The first-order valence-electron chi connectivity index (χ1n) is 5.87. The molecular formula is C12H24O2Si2. The van der Waals surface area contributed by atoms with Crippen molar-refractivity contribution in [3.8, 4) is 0 Å². The van der Waals surface area contributed by atoms with Crippen LogP contribution in [0.15, 0.2) is 24.3 Å². The first-order chi connectivity index (χ1) is 7.12. The van der Waals surface area contributed by atoms with Gasteiger partial charge in [0.25, 0.3) is 0 Å². The molecule has 16 heavy (non-hydrogen) atoms. The topological polar surface area (TPSA) is 18.5 Å². The minimum absolute atomic E-state index is 0.496. The van der Waals surface area contributed by atoms with Crippen molar-refractivity contribution in [1.82, 2.24) is 0 Å². The molecule has 92 valence electrons. The largest absolute Gasteiger partial charge is 0.388 e. The zero-order valence-electron chi connectivity index (χ0n) is 11.3. The Kier molecular flexibility index (Phi) is 4.00. The Bertz CT molecular complexity index is 279. The highest BCUT2D eigenvalue weighted by atomic mass is 28.4. The second-order valence-electron chi connectivity index (χ2n) is 6.23. The van der Waals surface area contributed by atoms with Gasteiger partial charge in [-0.15, -0.1) is 0 Å². The number of hydrogen-bond acceptors (Lipinski definition) is 2. The predicted octanol–water partition coefficient (Wildman–Crippen LogP) is 3.90. The summed E-state index contributed by atoms with van der Waals surface area (Å²) in [6.45, 7) is 13.2. The Labute approximate surface area is 102 Å². The Morgan fingerprint density at radius 1 is 0.875 bits per heavy atom. The Morgan fingerprint density at radius 3 is 1.69 bits per heavy atom. The van der Waals surface area contributed by atoms with Gasteiger partial charge in [0, 0.05) is 6.42 Å². The molecule has 0 spiro atoms. The van der Waals surface area contributed by atoms with Crippen molar-refractivity contribution in [2.24, 2.45) is 0 Å². The van der Waals surface area contributed by atoms with E-state index in [4.69, 9.17) is 8.85 Å². The highest BCUT2D eigenvalue weighted by molar-refractivity contribution is 6.71. The summed E-state index contributed by atoms with van der Waals surface area (Å²) in [6.07, 6.45) is 9.12. The van der Waals surface area contributed by atoms with Crippen LogP contribution in [0.4, 0.5) is 0 Å². The minimum Gasteiger partial charge on any atom is -0.388 e. The molecule has 0 aromatic heterocycles. The van der Waals surface area contributed by atoms with Crippen molar-refractivity contribution >= 4 is 16.6 Å². The predicted molar refractivity (Wildman–Crippen MR) is 74.5 cm³/mol. The van der Waals surface area contributed by atoms with Gasteiger partial charge < -0.3 is 8.85 Å². The van der Waals surface area contributed by atoms with Crippen LogP contribution >= 0.6 is 0 Å². The fourth-order valence-corrected chi connectivity index (χ4v) is 4.33. The Morgan fingerprint density at radius 2 is 1.38 bits per heavy atom. The molecule has 0 saturated carbocycles. The van der Waals surface area contributed by atoms with Crippen molar-refractivity contribution < 1.29 is 8.85 Å². The Hall–Kier alpha value is -0.166. The molecule has 0 aromatic rings. The van der Waals surface area contributed by atoms with Crippen molar-refractivity contribution in [2.45, 2.75) is 51.5 Å². The molecule has 0 N–H and O–H groups in total. The molecule has 0 fully saturated rings. The molecule has 1 aliphatic rings. The lowest BCUT2D eigenvalue weighted by atomic mass is 10.1. The molecule has 0 aromatic carbocycles. The molecule has 0 saturated heterocycles. The lowest BCUT2D eigenvalue weighted by molar-refractivity contribution is -0.0822. The van der Waals surface area contributed by atoms with Crippen LogP contribution in [0.25, 0.3) is 0 Å². The van der Waals surface area contributed by atoms with Gasteiger partial charge in [0.1, 0.15) is 0 Å². The van der Waals surface area contributed by atoms with Gasteiger partial charge >= 0.3 is 0 Å². The van der Waals surface area contributed by atoms with Gasteiger partial charge in [0.2, 0.25) is 0 Å². The molecule has 0 amide bonds. The summed E-state index contributed by atoms with van der Waals surface area (Å²) in [6, 6.07) is 0. The molecule has 4 heteroatoms. The van der Waals surface area contributed by atoms with E-state index in [1.165, 1.54) is 0 Å². The van der Waals surface area contributed by atoms with Crippen molar-refractivity contribution in [3.05, 3.63) is 24.3 Å². The summed E-state index contributed by atoms with van der Waals surface area (Å²) in [7, 11) is -3.21. The molecule has 0 radical (unpaired) electrons. The van der Waals surface area contributed by atoms with E-state index in [-0.39, 0.29) is 0 Å². The summed E-state index contributed by atoms with van der Waals surface area (Å²) >= 11 is 0. The minimum atomic E-state index is -1.60. The summed E-state index contributed by atoms with van der Waals surface area (Å²) in [5.74, 6) is -0.496. The van der Waals surface area contributed by atoms with Crippen LogP contribution in [0, 0.1) is 0 Å². The lowest BCUT2D eigenvalue weighted by Gasteiger charge is -2.41. The fraction of sp³-hybridized carbons (Fsp3) is 0.667.